The van der Waals surface area contributed by atoms with Crippen molar-refractivity contribution in [2.75, 3.05) is 11.6 Å². The Balaban J connectivity index is 2.13. The van der Waals surface area contributed by atoms with Crippen LogP contribution in [0.25, 0.3) is 0 Å². The summed E-state index contributed by atoms with van der Waals surface area (Å²) >= 11 is 1.91. The fourth-order valence-corrected chi connectivity index (χ4v) is 3.39. The minimum atomic E-state index is -0.924. The van der Waals surface area contributed by atoms with E-state index in [4.69, 9.17) is 0 Å². The predicted molar refractivity (Wildman–Crippen MR) is 79.1 cm³/mol. The van der Waals surface area contributed by atoms with Crippen molar-refractivity contribution < 1.29 is 9.90 Å². The third kappa shape index (κ3) is 3.62. The number of thioether (sulfide) groups is 1. The van der Waals surface area contributed by atoms with E-state index < -0.39 is 5.97 Å². The maximum Gasteiger partial charge on any atom is 0.339 e. The molecule has 0 aromatic carbocycles. The summed E-state index contributed by atoms with van der Waals surface area (Å²) in [7, 11) is 0. The molecule has 0 radical (unpaired) electrons. The lowest BCUT2D eigenvalue weighted by atomic mass is 9.94. The Morgan fingerprint density at radius 3 is 3.00 bits per heavy atom. The number of pyridine rings is 1. The Morgan fingerprint density at radius 2 is 2.32 bits per heavy atom. The van der Waals surface area contributed by atoms with Crippen molar-refractivity contribution in [2.24, 2.45) is 0 Å². The van der Waals surface area contributed by atoms with Crippen LogP contribution in [0, 0.1) is 6.92 Å². The van der Waals surface area contributed by atoms with Gasteiger partial charge in [-0.2, -0.15) is 11.8 Å². The molecule has 1 aromatic rings. The highest BCUT2D eigenvalue weighted by Crippen LogP contribution is 2.29. The SMILES string of the molecule is CSC1CCCC(Nc2cc(C)ncc2C(=O)O)C1. The number of carboxylic acid groups (broad SMARTS) is 1. The molecule has 1 saturated carbocycles. The van der Waals surface area contributed by atoms with E-state index in [1.54, 1.807) is 0 Å². The Labute approximate surface area is 118 Å². The minimum absolute atomic E-state index is 0.261. The van der Waals surface area contributed by atoms with Crippen LogP contribution in [0.3, 0.4) is 0 Å². The normalized spacial score (nSPS) is 23.1. The number of carbonyl (C=O) groups is 1. The van der Waals surface area contributed by atoms with Crippen molar-refractivity contribution in [3.63, 3.8) is 0 Å². The Morgan fingerprint density at radius 1 is 1.53 bits per heavy atom. The van der Waals surface area contributed by atoms with E-state index >= 15 is 0 Å². The third-order valence-corrected chi connectivity index (χ3v) is 4.68. The van der Waals surface area contributed by atoms with Gasteiger partial charge in [-0.1, -0.05) is 6.42 Å². The van der Waals surface area contributed by atoms with Crippen LogP contribution in [0.5, 0.6) is 0 Å². The van der Waals surface area contributed by atoms with Crippen LogP contribution in [0.15, 0.2) is 12.3 Å². The van der Waals surface area contributed by atoms with E-state index in [1.165, 1.54) is 19.0 Å². The van der Waals surface area contributed by atoms with Crippen molar-refractivity contribution in [1.29, 1.82) is 0 Å². The quantitative estimate of drug-likeness (QED) is 0.887. The first-order chi connectivity index (χ1) is 9.10. The Kier molecular flexibility index (Phi) is 4.69. The van der Waals surface area contributed by atoms with Crippen LogP contribution in [0.1, 0.15) is 41.7 Å². The summed E-state index contributed by atoms with van der Waals surface area (Å²) in [6, 6.07) is 2.19. The first-order valence-electron chi connectivity index (χ1n) is 6.59. The summed E-state index contributed by atoms with van der Waals surface area (Å²) in [6.45, 7) is 1.88. The molecule has 2 N–H and O–H groups in total. The number of carboxylic acids is 1. The number of anilines is 1. The molecule has 2 atom stereocenters. The Bertz CT molecular complexity index is 465. The summed E-state index contributed by atoms with van der Waals surface area (Å²) in [5.74, 6) is -0.924. The lowest BCUT2D eigenvalue weighted by molar-refractivity contribution is 0.0697. The summed E-state index contributed by atoms with van der Waals surface area (Å²) in [6.07, 6.45) is 8.26. The summed E-state index contributed by atoms with van der Waals surface area (Å²) < 4.78 is 0. The number of aromatic nitrogens is 1. The highest BCUT2D eigenvalue weighted by atomic mass is 32.2. The number of nitrogens with zero attached hydrogens (tertiary/aromatic N) is 1. The van der Waals surface area contributed by atoms with E-state index in [2.05, 4.69) is 16.6 Å². The van der Waals surface area contributed by atoms with Gasteiger partial charge >= 0.3 is 5.97 Å². The highest BCUT2D eigenvalue weighted by Gasteiger charge is 2.22. The summed E-state index contributed by atoms with van der Waals surface area (Å²) in [4.78, 5) is 15.3. The van der Waals surface area contributed by atoms with Crippen molar-refractivity contribution in [2.45, 2.75) is 43.9 Å². The molecule has 2 rings (SSSR count). The number of hydrogen-bond acceptors (Lipinski definition) is 4. The standard InChI is InChI=1S/C14H20N2O2S/c1-9-6-13(12(8-15-9)14(17)18)16-10-4-3-5-11(7-10)19-2/h6,8,10-11H,3-5,7H2,1-2H3,(H,15,16)(H,17,18). The monoisotopic (exact) mass is 280 g/mol. The van der Waals surface area contributed by atoms with Crippen LogP contribution < -0.4 is 5.32 Å². The van der Waals surface area contributed by atoms with Gasteiger partial charge in [0.05, 0.1) is 5.69 Å². The van der Waals surface area contributed by atoms with Gasteiger partial charge in [-0.3, -0.25) is 4.98 Å². The molecule has 1 aliphatic carbocycles. The Hall–Kier alpha value is -1.23. The zero-order chi connectivity index (χ0) is 13.8. The molecular weight excluding hydrogens is 260 g/mol. The van der Waals surface area contributed by atoms with Gasteiger partial charge in [0.15, 0.2) is 0 Å². The van der Waals surface area contributed by atoms with E-state index in [0.717, 1.165) is 18.5 Å². The maximum atomic E-state index is 11.2. The van der Waals surface area contributed by atoms with Crippen molar-refractivity contribution in [3.8, 4) is 0 Å². The first kappa shape index (κ1) is 14.2. The molecule has 1 heterocycles. The molecule has 2 unspecified atom stereocenters. The number of rotatable bonds is 4. The molecule has 1 aliphatic rings. The molecule has 19 heavy (non-hydrogen) atoms. The average molecular weight is 280 g/mol. The van der Waals surface area contributed by atoms with Crippen molar-refractivity contribution in [3.05, 3.63) is 23.5 Å². The van der Waals surface area contributed by atoms with Crippen LogP contribution in [0.4, 0.5) is 5.69 Å². The highest BCUT2D eigenvalue weighted by molar-refractivity contribution is 7.99. The number of aryl methyl sites for hydroxylation is 1. The zero-order valence-electron chi connectivity index (χ0n) is 11.3. The smallest absolute Gasteiger partial charge is 0.339 e. The fraction of sp³-hybridized carbons (Fsp3) is 0.571. The zero-order valence-corrected chi connectivity index (χ0v) is 12.2. The predicted octanol–water partition coefficient (Wildman–Crippen LogP) is 3.17. The number of aromatic carboxylic acids is 1. The molecule has 0 bridgehead atoms. The van der Waals surface area contributed by atoms with E-state index in [-0.39, 0.29) is 5.56 Å². The van der Waals surface area contributed by atoms with E-state index in [9.17, 15) is 9.90 Å². The van der Waals surface area contributed by atoms with Gasteiger partial charge in [0.25, 0.3) is 0 Å². The number of hydrogen-bond donors (Lipinski definition) is 2. The summed E-state index contributed by atoms with van der Waals surface area (Å²) in [5, 5.41) is 13.3. The largest absolute Gasteiger partial charge is 0.478 e. The topological polar surface area (TPSA) is 62.2 Å². The van der Waals surface area contributed by atoms with Gasteiger partial charge in [-0.25, -0.2) is 4.79 Å². The minimum Gasteiger partial charge on any atom is -0.478 e. The molecule has 0 amide bonds. The van der Waals surface area contributed by atoms with Gasteiger partial charge in [-0.15, -0.1) is 0 Å². The lowest BCUT2D eigenvalue weighted by Gasteiger charge is -2.29. The molecule has 0 saturated heterocycles. The van der Waals surface area contributed by atoms with Gasteiger partial charge in [-0.05, 0) is 38.5 Å². The third-order valence-electron chi connectivity index (χ3n) is 3.59. The van der Waals surface area contributed by atoms with Crippen LogP contribution in [0.2, 0.25) is 0 Å². The molecule has 4 nitrogen and oxygen atoms in total. The molecular formula is C14H20N2O2S. The molecule has 5 heteroatoms. The van der Waals surface area contributed by atoms with Gasteiger partial charge in [0.1, 0.15) is 5.56 Å². The maximum absolute atomic E-state index is 11.2. The van der Waals surface area contributed by atoms with Gasteiger partial charge < -0.3 is 10.4 Å². The van der Waals surface area contributed by atoms with E-state index in [0.29, 0.717) is 17.0 Å². The number of nitrogens with one attached hydrogen (secondary N) is 1. The van der Waals surface area contributed by atoms with Gasteiger partial charge in [0.2, 0.25) is 0 Å². The molecule has 1 fully saturated rings. The second-order valence-corrected chi connectivity index (χ2v) is 6.18. The van der Waals surface area contributed by atoms with E-state index in [1.807, 2.05) is 24.8 Å². The van der Waals surface area contributed by atoms with Crippen molar-refractivity contribution in [1.82, 2.24) is 4.98 Å². The molecule has 0 spiro atoms. The fourth-order valence-electron chi connectivity index (χ4n) is 2.56. The van der Waals surface area contributed by atoms with Crippen LogP contribution >= 0.6 is 11.8 Å². The lowest BCUT2D eigenvalue weighted by Crippen LogP contribution is -2.29. The molecule has 0 aliphatic heterocycles. The van der Waals surface area contributed by atoms with Crippen LogP contribution in [-0.2, 0) is 0 Å². The first-order valence-corrected chi connectivity index (χ1v) is 7.88. The van der Waals surface area contributed by atoms with Gasteiger partial charge in [0, 0.05) is 23.2 Å². The summed E-state index contributed by atoms with van der Waals surface area (Å²) in [5.41, 5.74) is 1.80. The van der Waals surface area contributed by atoms with Crippen molar-refractivity contribution >= 4 is 23.4 Å². The molecule has 104 valence electrons. The molecule has 1 aromatic heterocycles. The van der Waals surface area contributed by atoms with Crippen LogP contribution in [-0.4, -0.2) is 33.6 Å². The second kappa shape index (κ2) is 6.28. The average Bonchev–Trinajstić information content (AvgIpc) is 2.38. The second-order valence-electron chi connectivity index (χ2n) is 5.04.